The molecule has 0 unspecified atom stereocenters. The summed E-state index contributed by atoms with van der Waals surface area (Å²) in [5.74, 6) is 0.0403. The molecule has 0 aromatic carbocycles. The maximum atomic E-state index is 11.6. The Morgan fingerprint density at radius 3 is 2.67 bits per heavy atom. The van der Waals surface area contributed by atoms with Crippen LogP contribution >= 0.6 is 0 Å². The number of aliphatic hydroxyl groups excluding tert-OH is 1. The monoisotopic (exact) mass is 253 g/mol. The van der Waals surface area contributed by atoms with Crippen LogP contribution in [0.15, 0.2) is 6.20 Å². The molecule has 1 aromatic heterocycles. The van der Waals surface area contributed by atoms with Gasteiger partial charge in [-0.15, -0.1) is 0 Å². The Morgan fingerprint density at radius 2 is 2.17 bits per heavy atom. The van der Waals surface area contributed by atoms with Crippen LogP contribution in [0, 0.1) is 0 Å². The van der Waals surface area contributed by atoms with Gasteiger partial charge in [-0.25, -0.2) is 4.98 Å². The molecule has 1 saturated heterocycles. The Hall–Kier alpha value is -1.89. The highest BCUT2D eigenvalue weighted by molar-refractivity contribution is 5.83. The zero-order valence-electron chi connectivity index (χ0n) is 10.5. The zero-order valence-corrected chi connectivity index (χ0v) is 10.5. The number of nitrogens with zero attached hydrogens (tertiary/aromatic N) is 3. The summed E-state index contributed by atoms with van der Waals surface area (Å²) in [6.45, 7) is 0. The van der Waals surface area contributed by atoms with Gasteiger partial charge in [-0.3, -0.25) is 4.79 Å². The summed E-state index contributed by atoms with van der Waals surface area (Å²) in [4.78, 5) is 21.1. The minimum atomic E-state index is -0.980. The Labute approximate surface area is 104 Å². The Bertz CT molecular complexity index is 466. The molecule has 0 aliphatic carbocycles. The van der Waals surface area contributed by atoms with Gasteiger partial charge in [0.15, 0.2) is 0 Å². The van der Waals surface area contributed by atoms with Crippen LogP contribution in [-0.2, 0) is 4.79 Å². The summed E-state index contributed by atoms with van der Waals surface area (Å²) in [5, 5.41) is 9.57. The normalized spacial score (nSPS) is 23.3. The fourth-order valence-corrected chi connectivity index (χ4v) is 2.05. The van der Waals surface area contributed by atoms with Gasteiger partial charge >= 0.3 is 6.01 Å². The van der Waals surface area contributed by atoms with Crippen molar-refractivity contribution >= 4 is 5.91 Å². The average molecular weight is 253 g/mol. The van der Waals surface area contributed by atoms with Crippen molar-refractivity contribution in [1.82, 2.24) is 14.9 Å². The van der Waals surface area contributed by atoms with Crippen molar-refractivity contribution < 1.29 is 19.4 Å². The van der Waals surface area contributed by atoms with E-state index >= 15 is 0 Å². The molecule has 2 heterocycles. The van der Waals surface area contributed by atoms with Gasteiger partial charge in [0.1, 0.15) is 6.10 Å². The van der Waals surface area contributed by atoms with Gasteiger partial charge in [0.25, 0.3) is 5.91 Å². The lowest BCUT2D eigenvalue weighted by atomic mass is 10.1. The second-order valence-electron chi connectivity index (χ2n) is 4.04. The van der Waals surface area contributed by atoms with Crippen molar-refractivity contribution in [2.45, 2.75) is 18.6 Å². The number of likely N-dealkylation sites (N-methyl/N-ethyl adjacent to an activating group) is 1. The quantitative estimate of drug-likeness (QED) is 0.800. The summed E-state index contributed by atoms with van der Waals surface area (Å²) < 4.78 is 10.1. The molecule has 0 bridgehead atoms. The first kappa shape index (κ1) is 12.6. The van der Waals surface area contributed by atoms with E-state index in [9.17, 15) is 9.90 Å². The molecule has 1 N–H and O–H groups in total. The molecule has 1 aromatic rings. The van der Waals surface area contributed by atoms with Gasteiger partial charge in [-0.05, 0) is 0 Å². The molecule has 7 heteroatoms. The number of carbonyl (C=O) groups excluding carboxylic acids is 1. The number of likely N-dealkylation sites (tertiary alicyclic amines) is 1. The van der Waals surface area contributed by atoms with E-state index in [2.05, 4.69) is 9.97 Å². The highest BCUT2D eigenvalue weighted by Gasteiger charge is 2.38. The van der Waals surface area contributed by atoms with E-state index in [1.165, 1.54) is 19.1 Å². The molecule has 1 aliphatic heterocycles. The predicted molar refractivity (Wildman–Crippen MR) is 61.3 cm³/mol. The number of methoxy groups -OCH3 is 2. The predicted octanol–water partition coefficient (Wildman–Crippen LogP) is -0.242. The van der Waals surface area contributed by atoms with Gasteiger partial charge in [0.05, 0.1) is 25.8 Å². The number of hydrogen-bond donors (Lipinski definition) is 1. The Morgan fingerprint density at radius 1 is 1.44 bits per heavy atom. The number of amides is 1. The third-order valence-electron chi connectivity index (χ3n) is 3.04. The molecule has 1 amide bonds. The fraction of sp³-hybridized carbons (Fsp3) is 0.545. The maximum absolute atomic E-state index is 11.6. The molecule has 18 heavy (non-hydrogen) atoms. The molecule has 0 saturated carbocycles. The summed E-state index contributed by atoms with van der Waals surface area (Å²) in [5.41, 5.74) is 0.658. The van der Waals surface area contributed by atoms with Crippen molar-refractivity contribution in [3.63, 3.8) is 0 Å². The first-order valence-corrected chi connectivity index (χ1v) is 5.48. The van der Waals surface area contributed by atoms with Crippen molar-refractivity contribution in [3.8, 4) is 11.9 Å². The fourth-order valence-electron chi connectivity index (χ4n) is 2.05. The number of aromatic nitrogens is 2. The van der Waals surface area contributed by atoms with E-state index in [4.69, 9.17) is 9.47 Å². The summed E-state index contributed by atoms with van der Waals surface area (Å²) >= 11 is 0. The lowest BCUT2D eigenvalue weighted by Gasteiger charge is -2.20. The summed E-state index contributed by atoms with van der Waals surface area (Å²) in [6.07, 6.45) is 0.880. The molecular formula is C11H15N3O4. The van der Waals surface area contributed by atoms with E-state index in [1.54, 1.807) is 13.2 Å². The Balaban J connectivity index is 2.36. The number of aliphatic hydroxyl groups is 1. The molecule has 1 fully saturated rings. The van der Waals surface area contributed by atoms with E-state index < -0.39 is 6.10 Å². The molecule has 7 nitrogen and oxygen atoms in total. The lowest BCUT2D eigenvalue weighted by molar-refractivity contribution is -0.134. The smallest absolute Gasteiger partial charge is 0.319 e. The molecule has 0 radical (unpaired) electrons. The highest BCUT2D eigenvalue weighted by atomic mass is 16.5. The minimum absolute atomic E-state index is 0.197. The molecule has 98 valence electrons. The average Bonchev–Trinajstić information content (AvgIpc) is 2.65. The molecule has 1 aliphatic rings. The highest BCUT2D eigenvalue weighted by Crippen LogP contribution is 2.35. The van der Waals surface area contributed by atoms with E-state index in [1.807, 2.05) is 0 Å². The van der Waals surface area contributed by atoms with Crippen molar-refractivity contribution in [2.24, 2.45) is 0 Å². The SMILES string of the molecule is COc1ncc([C@@H]2C[C@@H](O)C(=O)N2C)c(OC)n1. The second kappa shape index (κ2) is 4.77. The van der Waals surface area contributed by atoms with Crippen LogP contribution in [0.3, 0.4) is 0 Å². The Kier molecular flexibility index (Phi) is 3.33. The van der Waals surface area contributed by atoms with Gasteiger partial charge in [0, 0.05) is 19.7 Å². The molecule has 0 spiro atoms. The lowest BCUT2D eigenvalue weighted by Crippen LogP contribution is -2.27. The second-order valence-corrected chi connectivity index (χ2v) is 4.04. The number of carbonyl (C=O) groups is 1. The van der Waals surface area contributed by atoms with Crippen LogP contribution in [0.2, 0.25) is 0 Å². The number of hydrogen-bond acceptors (Lipinski definition) is 6. The van der Waals surface area contributed by atoms with Crippen molar-refractivity contribution in [2.75, 3.05) is 21.3 Å². The third-order valence-corrected chi connectivity index (χ3v) is 3.04. The van der Waals surface area contributed by atoms with Crippen LogP contribution in [0.5, 0.6) is 11.9 Å². The number of rotatable bonds is 3. The maximum Gasteiger partial charge on any atom is 0.319 e. The molecular weight excluding hydrogens is 238 g/mol. The first-order valence-electron chi connectivity index (χ1n) is 5.48. The van der Waals surface area contributed by atoms with E-state index in [0.29, 0.717) is 17.9 Å². The van der Waals surface area contributed by atoms with Crippen LogP contribution in [0.1, 0.15) is 18.0 Å². The van der Waals surface area contributed by atoms with Gasteiger partial charge in [0.2, 0.25) is 5.88 Å². The van der Waals surface area contributed by atoms with Gasteiger partial charge in [-0.2, -0.15) is 4.98 Å². The standard InChI is InChI=1S/C11H15N3O4/c1-14-7(4-8(15)10(14)16)6-5-12-11(18-3)13-9(6)17-2/h5,7-8,15H,4H2,1-3H3/t7-,8+/m0/s1. The van der Waals surface area contributed by atoms with Crippen LogP contribution in [0.4, 0.5) is 0 Å². The largest absolute Gasteiger partial charge is 0.481 e. The van der Waals surface area contributed by atoms with E-state index in [0.717, 1.165) is 0 Å². The van der Waals surface area contributed by atoms with Gasteiger partial charge in [-0.1, -0.05) is 0 Å². The zero-order chi connectivity index (χ0) is 13.3. The van der Waals surface area contributed by atoms with Crippen molar-refractivity contribution in [3.05, 3.63) is 11.8 Å². The summed E-state index contributed by atoms with van der Waals surface area (Å²) in [6, 6.07) is -0.0866. The van der Waals surface area contributed by atoms with Crippen LogP contribution < -0.4 is 9.47 Å². The van der Waals surface area contributed by atoms with Crippen LogP contribution in [-0.4, -0.2) is 53.3 Å². The van der Waals surface area contributed by atoms with Crippen molar-refractivity contribution in [1.29, 1.82) is 0 Å². The minimum Gasteiger partial charge on any atom is -0.481 e. The number of ether oxygens (including phenoxy) is 2. The summed E-state index contributed by atoms with van der Waals surface area (Å²) in [7, 11) is 4.58. The van der Waals surface area contributed by atoms with E-state index in [-0.39, 0.29) is 18.0 Å². The topological polar surface area (TPSA) is 84.8 Å². The third kappa shape index (κ3) is 1.97. The van der Waals surface area contributed by atoms with Gasteiger partial charge < -0.3 is 19.5 Å². The molecule has 2 atom stereocenters. The molecule has 2 rings (SSSR count). The first-order chi connectivity index (χ1) is 8.58. The van der Waals surface area contributed by atoms with Crippen LogP contribution in [0.25, 0.3) is 0 Å².